The molecule has 0 aromatic carbocycles. The number of anilines is 2. The van der Waals surface area contributed by atoms with Crippen molar-refractivity contribution in [2.45, 2.75) is 20.8 Å². The Bertz CT molecular complexity index is 642. The van der Waals surface area contributed by atoms with E-state index in [1.807, 2.05) is 19.1 Å². The molecule has 2 N–H and O–H groups in total. The predicted molar refractivity (Wildman–Crippen MR) is 82.7 cm³/mol. The molecule has 2 rings (SSSR count). The fourth-order valence-corrected chi connectivity index (χ4v) is 1.92. The molecule has 0 aliphatic carbocycles. The average Bonchev–Trinajstić information content (AvgIpc) is 2.45. The Kier molecular flexibility index (Phi) is 4.81. The van der Waals surface area contributed by atoms with Gasteiger partial charge in [-0.2, -0.15) is 0 Å². The predicted octanol–water partition coefficient (Wildman–Crippen LogP) is 2.22. The number of ketones is 1. The number of rotatable bonds is 6. The summed E-state index contributed by atoms with van der Waals surface area (Å²) in [7, 11) is 0. The third kappa shape index (κ3) is 3.98. The molecular weight excluding hydrogens is 266 g/mol. The van der Waals surface area contributed by atoms with Crippen molar-refractivity contribution in [3.63, 3.8) is 0 Å². The molecule has 0 fully saturated rings. The SMILES string of the molecule is CC(=O)c1cnc(NCCNc2ncccc2C)nc1C. The number of hydrogen-bond acceptors (Lipinski definition) is 6. The summed E-state index contributed by atoms with van der Waals surface area (Å²) in [4.78, 5) is 24.0. The molecule has 0 spiro atoms. The number of pyridine rings is 1. The van der Waals surface area contributed by atoms with E-state index in [4.69, 9.17) is 0 Å². The maximum Gasteiger partial charge on any atom is 0.222 e. The molecule has 0 amide bonds. The molecule has 6 nitrogen and oxygen atoms in total. The minimum atomic E-state index is -0.0219. The molecule has 0 saturated carbocycles. The fourth-order valence-electron chi connectivity index (χ4n) is 1.92. The van der Waals surface area contributed by atoms with Crippen molar-refractivity contribution in [1.82, 2.24) is 15.0 Å². The first-order valence-corrected chi connectivity index (χ1v) is 6.82. The van der Waals surface area contributed by atoms with Crippen LogP contribution in [0.25, 0.3) is 0 Å². The van der Waals surface area contributed by atoms with Crippen LogP contribution in [0.15, 0.2) is 24.5 Å². The summed E-state index contributed by atoms with van der Waals surface area (Å²) in [6.45, 7) is 6.69. The lowest BCUT2D eigenvalue weighted by atomic mass is 10.2. The van der Waals surface area contributed by atoms with Crippen molar-refractivity contribution in [2.24, 2.45) is 0 Å². The summed E-state index contributed by atoms with van der Waals surface area (Å²) >= 11 is 0. The summed E-state index contributed by atoms with van der Waals surface area (Å²) < 4.78 is 0. The topological polar surface area (TPSA) is 79.8 Å². The van der Waals surface area contributed by atoms with Crippen molar-refractivity contribution in [2.75, 3.05) is 23.7 Å². The summed E-state index contributed by atoms with van der Waals surface area (Å²) in [6.07, 6.45) is 3.32. The Labute approximate surface area is 124 Å². The summed E-state index contributed by atoms with van der Waals surface area (Å²) in [5.74, 6) is 1.38. The van der Waals surface area contributed by atoms with Crippen LogP contribution in [0.1, 0.15) is 28.5 Å². The lowest BCUT2D eigenvalue weighted by Gasteiger charge is -2.09. The molecule has 0 saturated heterocycles. The molecular formula is C15H19N5O. The van der Waals surface area contributed by atoms with Gasteiger partial charge < -0.3 is 10.6 Å². The number of carbonyl (C=O) groups is 1. The molecule has 110 valence electrons. The Morgan fingerprint density at radius 1 is 1.19 bits per heavy atom. The van der Waals surface area contributed by atoms with Crippen LogP contribution in [0.2, 0.25) is 0 Å². The number of nitrogens with one attached hydrogen (secondary N) is 2. The molecule has 0 bridgehead atoms. The molecule has 21 heavy (non-hydrogen) atoms. The highest BCUT2D eigenvalue weighted by atomic mass is 16.1. The second-order valence-electron chi connectivity index (χ2n) is 4.77. The van der Waals surface area contributed by atoms with E-state index in [1.165, 1.54) is 6.92 Å². The fraction of sp³-hybridized carbons (Fsp3) is 0.333. The first-order chi connectivity index (χ1) is 10.1. The minimum Gasteiger partial charge on any atom is -0.368 e. The number of nitrogens with zero attached hydrogens (tertiary/aromatic N) is 3. The molecule has 0 aliphatic rings. The van der Waals surface area contributed by atoms with E-state index in [1.54, 1.807) is 19.3 Å². The van der Waals surface area contributed by atoms with Gasteiger partial charge in [0.1, 0.15) is 5.82 Å². The summed E-state index contributed by atoms with van der Waals surface area (Å²) in [5, 5.41) is 6.36. The van der Waals surface area contributed by atoms with Gasteiger partial charge in [-0.3, -0.25) is 4.79 Å². The summed E-state index contributed by atoms with van der Waals surface area (Å²) in [6, 6.07) is 3.92. The Balaban J connectivity index is 1.85. The van der Waals surface area contributed by atoms with E-state index in [2.05, 4.69) is 25.6 Å². The highest BCUT2D eigenvalue weighted by Crippen LogP contribution is 2.09. The van der Waals surface area contributed by atoms with Crippen LogP contribution in [0.3, 0.4) is 0 Å². The van der Waals surface area contributed by atoms with E-state index in [-0.39, 0.29) is 5.78 Å². The van der Waals surface area contributed by atoms with Gasteiger partial charge in [0, 0.05) is 25.5 Å². The Hall–Kier alpha value is -2.50. The second kappa shape index (κ2) is 6.78. The third-order valence-corrected chi connectivity index (χ3v) is 3.07. The van der Waals surface area contributed by atoms with Gasteiger partial charge >= 0.3 is 0 Å². The normalized spacial score (nSPS) is 10.2. The van der Waals surface area contributed by atoms with Gasteiger partial charge in [-0.25, -0.2) is 15.0 Å². The smallest absolute Gasteiger partial charge is 0.222 e. The van der Waals surface area contributed by atoms with Gasteiger partial charge in [0.25, 0.3) is 0 Å². The largest absolute Gasteiger partial charge is 0.368 e. The molecule has 0 aliphatic heterocycles. The van der Waals surface area contributed by atoms with E-state index in [9.17, 15) is 4.79 Å². The highest BCUT2D eigenvalue weighted by Gasteiger charge is 2.06. The van der Waals surface area contributed by atoms with Crippen LogP contribution in [0, 0.1) is 13.8 Å². The van der Waals surface area contributed by atoms with E-state index >= 15 is 0 Å². The standard InChI is InChI=1S/C15H19N5O/c1-10-5-4-6-16-14(10)17-7-8-18-15-19-9-13(12(3)21)11(2)20-15/h4-6,9H,7-8H2,1-3H3,(H,16,17)(H,18,19,20). The van der Waals surface area contributed by atoms with Crippen LogP contribution in [0.5, 0.6) is 0 Å². The van der Waals surface area contributed by atoms with Crippen molar-refractivity contribution < 1.29 is 4.79 Å². The Morgan fingerprint density at radius 3 is 2.62 bits per heavy atom. The number of aromatic nitrogens is 3. The lowest BCUT2D eigenvalue weighted by Crippen LogP contribution is -2.16. The van der Waals surface area contributed by atoms with Crippen molar-refractivity contribution in [3.8, 4) is 0 Å². The van der Waals surface area contributed by atoms with E-state index in [0.29, 0.717) is 30.3 Å². The van der Waals surface area contributed by atoms with E-state index < -0.39 is 0 Å². The molecule has 2 heterocycles. The van der Waals surface area contributed by atoms with Crippen LogP contribution in [-0.4, -0.2) is 33.8 Å². The first-order valence-electron chi connectivity index (χ1n) is 6.82. The van der Waals surface area contributed by atoms with Gasteiger partial charge in [0.15, 0.2) is 5.78 Å². The summed E-state index contributed by atoms with van der Waals surface area (Å²) in [5.41, 5.74) is 2.35. The van der Waals surface area contributed by atoms with Crippen molar-refractivity contribution in [1.29, 1.82) is 0 Å². The molecule has 6 heteroatoms. The molecule has 2 aromatic rings. The number of aryl methyl sites for hydroxylation is 2. The zero-order valence-corrected chi connectivity index (χ0v) is 12.5. The highest BCUT2D eigenvalue weighted by molar-refractivity contribution is 5.94. The molecule has 0 atom stereocenters. The van der Waals surface area contributed by atoms with Crippen LogP contribution in [-0.2, 0) is 0 Å². The van der Waals surface area contributed by atoms with Crippen molar-refractivity contribution in [3.05, 3.63) is 41.3 Å². The monoisotopic (exact) mass is 285 g/mol. The zero-order valence-electron chi connectivity index (χ0n) is 12.5. The van der Waals surface area contributed by atoms with Crippen LogP contribution < -0.4 is 10.6 Å². The maximum atomic E-state index is 11.3. The first kappa shape index (κ1) is 14.9. The molecule has 2 aromatic heterocycles. The van der Waals surface area contributed by atoms with Gasteiger partial charge in [0.05, 0.1) is 11.3 Å². The lowest BCUT2D eigenvalue weighted by molar-refractivity contribution is 0.101. The van der Waals surface area contributed by atoms with Gasteiger partial charge in [0.2, 0.25) is 5.95 Å². The number of carbonyl (C=O) groups excluding carboxylic acids is 1. The van der Waals surface area contributed by atoms with Gasteiger partial charge in [-0.05, 0) is 32.4 Å². The van der Waals surface area contributed by atoms with Gasteiger partial charge in [-0.15, -0.1) is 0 Å². The average molecular weight is 285 g/mol. The molecule has 0 unspecified atom stereocenters. The minimum absolute atomic E-state index is 0.0219. The van der Waals surface area contributed by atoms with E-state index in [0.717, 1.165) is 11.4 Å². The van der Waals surface area contributed by atoms with Crippen LogP contribution >= 0.6 is 0 Å². The number of hydrogen-bond donors (Lipinski definition) is 2. The van der Waals surface area contributed by atoms with Crippen LogP contribution in [0.4, 0.5) is 11.8 Å². The second-order valence-corrected chi connectivity index (χ2v) is 4.77. The zero-order chi connectivity index (χ0) is 15.2. The Morgan fingerprint density at radius 2 is 1.95 bits per heavy atom. The quantitative estimate of drug-likeness (QED) is 0.626. The van der Waals surface area contributed by atoms with Crippen molar-refractivity contribution >= 4 is 17.5 Å². The van der Waals surface area contributed by atoms with Gasteiger partial charge in [-0.1, -0.05) is 6.07 Å². The molecule has 0 radical (unpaired) electrons. The number of Topliss-reactive ketones (excluding diaryl/α,β-unsaturated/α-hetero) is 1. The maximum absolute atomic E-state index is 11.3. The third-order valence-electron chi connectivity index (χ3n) is 3.07.